The molecule has 1 aliphatic rings. The molecule has 46 heavy (non-hydrogen) atoms. The van der Waals surface area contributed by atoms with Crippen LogP contribution in [0, 0.1) is 0 Å². The Morgan fingerprint density at radius 2 is 0.891 bits per heavy atom. The van der Waals surface area contributed by atoms with Gasteiger partial charge in [-0.3, -0.25) is 0 Å². The van der Waals surface area contributed by atoms with Crippen LogP contribution in [0.5, 0.6) is 0 Å². The molecule has 6 aromatic carbocycles. The van der Waals surface area contributed by atoms with Gasteiger partial charge in [0.05, 0.1) is 11.4 Å². The predicted octanol–water partition coefficient (Wildman–Crippen LogP) is 13.2. The van der Waals surface area contributed by atoms with E-state index >= 15 is 0 Å². The van der Waals surface area contributed by atoms with E-state index in [0.717, 1.165) is 12.1 Å². The monoisotopic (exact) mass is 597 g/mol. The summed E-state index contributed by atoms with van der Waals surface area (Å²) < 4.78 is 0. The second-order valence-electron chi connectivity index (χ2n) is 11.9. The maximum Gasteiger partial charge on any atom is 0.0540 e. The van der Waals surface area contributed by atoms with Crippen molar-refractivity contribution >= 4 is 28.2 Å². The Morgan fingerprint density at radius 3 is 1.43 bits per heavy atom. The van der Waals surface area contributed by atoms with E-state index in [9.17, 15) is 0 Å². The highest BCUT2D eigenvalue weighted by molar-refractivity contribution is 6.08. The molecule has 0 atom stereocenters. The molecule has 0 aliphatic carbocycles. The van der Waals surface area contributed by atoms with E-state index < -0.39 is 0 Å². The van der Waals surface area contributed by atoms with Gasteiger partial charge in [-0.15, -0.1) is 0 Å². The van der Waals surface area contributed by atoms with Crippen LogP contribution in [-0.4, -0.2) is 0 Å². The number of anilines is 3. The van der Waals surface area contributed by atoms with Gasteiger partial charge in [-0.05, 0) is 88.2 Å². The van der Waals surface area contributed by atoms with Gasteiger partial charge in [-0.25, -0.2) is 0 Å². The molecule has 0 radical (unpaired) electrons. The van der Waals surface area contributed by atoms with Gasteiger partial charge in [0.25, 0.3) is 0 Å². The number of nitrogens with zero attached hydrogens (tertiary/aromatic N) is 1. The lowest BCUT2D eigenvalue weighted by Gasteiger charge is -2.29. The van der Waals surface area contributed by atoms with Gasteiger partial charge < -0.3 is 4.90 Å². The number of allylic oxidation sites excluding steroid dienone is 1. The van der Waals surface area contributed by atoms with Gasteiger partial charge in [0.2, 0.25) is 0 Å². The Kier molecular flexibility index (Phi) is 9.60. The van der Waals surface area contributed by atoms with Crippen LogP contribution in [-0.2, 0) is 6.42 Å². The molecule has 0 unspecified atom stereocenters. The average Bonchev–Trinajstić information content (AvgIpc) is 3.24. The van der Waals surface area contributed by atoms with Gasteiger partial charge in [-0.2, -0.15) is 0 Å². The lowest BCUT2D eigenvalue weighted by Crippen LogP contribution is -2.12. The predicted molar refractivity (Wildman–Crippen MR) is 200 cm³/mol. The maximum atomic E-state index is 2.47. The molecule has 1 heteroatoms. The van der Waals surface area contributed by atoms with Crippen LogP contribution < -0.4 is 4.90 Å². The van der Waals surface area contributed by atoms with Crippen LogP contribution in [0.2, 0.25) is 0 Å². The summed E-state index contributed by atoms with van der Waals surface area (Å²) in [6.07, 6.45) is 3.63. The highest BCUT2D eigenvalue weighted by Gasteiger charge is 2.28. The van der Waals surface area contributed by atoms with Crippen LogP contribution in [0.4, 0.5) is 17.1 Å². The first kappa shape index (κ1) is 30.9. The lowest BCUT2D eigenvalue weighted by atomic mass is 9.87. The third-order valence-corrected chi connectivity index (χ3v) is 8.90. The van der Waals surface area contributed by atoms with Crippen molar-refractivity contribution in [2.45, 2.75) is 47.0 Å². The van der Waals surface area contributed by atoms with E-state index in [2.05, 4.69) is 184 Å². The van der Waals surface area contributed by atoms with E-state index in [0.29, 0.717) is 0 Å². The van der Waals surface area contributed by atoms with Crippen molar-refractivity contribution in [1.82, 2.24) is 0 Å². The highest BCUT2D eigenvalue weighted by atomic mass is 15.1. The van der Waals surface area contributed by atoms with E-state index in [4.69, 9.17) is 0 Å². The minimum absolute atomic E-state index is 0.986. The smallest absolute Gasteiger partial charge is 0.0540 e. The largest absolute Gasteiger partial charge is 0.309 e. The number of fused-ring (bicyclic) bond motifs is 2. The van der Waals surface area contributed by atoms with Crippen molar-refractivity contribution in [3.63, 3.8) is 0 Å². The lowest BCUT2D eigenvalue weighted by molar-refractivity contribution is 0.886. The second-order valence-corrected chi connectivity index (χ2v) is 11.9. The molecule has 0 bridgehead atoms. The molecule has 1 nitrogen and oxygen atoms in total. The molecule has 0 fully saturated rings. The van der Waals surface area contributed by atoms with Crippen molar-refractivity contribution in [3.05, 3.63) is 174 Å². The Hall–Kier alpha value is -5.14. The summed E-state index contributed by atoms with van der Waals surface area (Å²) in [5, 5.41) is 0. The fourth-order valence-corrected chi connectivity index (χ4v) is 6.36. The molecule has 0 N–H and O–H groups in total. The topological polar surface area (TPSA) is 3.24 Å². The molecule has 0 amide bonds. The number of aryl methyl sites for hydroxylation is 1. The summed E-state index contributed by atoms with van der Waals surface area (Å²) in [5.41, 5.74) is 16.1. The van der Waals surface area contributed by atoms with E-state index in [1.165, 1.54) is 79.9 Å². The van der Waals surface area contributed by atoms with Crippen molar-refractivity contribution in [1.29, 1.82) is 0 Å². The van der Waals surface area contributed by atoms with E-state index in [-0.39, 0.29) is 0 Å². The van der Waals surface area contributed by atoms with Crippen LogP contribution in [0.3, 0.4) is 0 Å². The minimum atomic E-state index is 0.986. The first-order chi connectivity index (χ1) is 22.6. The number of hydrogen-bond acceptors (Lipinski definition) is 1. The van der Waals surface area contributed by atoms with Gasteiger partial charge in [-0.1, -0.05) is 155 Å². The first-order valence-corrected chi connectivity index (χ1v) is 16.7. The van der Waals surface area contributed by atoms with Crippen molar-refractivity contribution in [2.75, 3.05) is 4.90 Å². The summed E-state index contributed by atoms with van der Waals surface area (Å²) in [5.74, 6) is 0. The maximum absolute atomic E-state index is 2.47. The Balaban J connectivity index is 0.000000879. The second kappa shape index (κ2) is 14.3. The Labute approximate surface area is 275 Å². The zero-order chi connectivity index (χ0) is 31.9. The summed E-state index contributed by atoms with van der Waals surface area (Å²) in [7, 11) is 0. The van der Waals surface area contributed by atoms with Gasteiger partial charge >= 0.3 is 0 Å². The number of benzene rings is 6. The van der Waals surface area contributed by atoms with Crippen molar-refractivity contribution < 1.29 is 0 Å². The summed E-state index contributed by atoms with van der Waals surface area (Å²) in [4.78, 5) is 2.47. The zero-order valence-electron chi connectivity index (χ0n) is 27.5. The third-order valence-electron chi connectivity index (χ3n) is 8.90. The Morgan fingerprint density at radius 1 is 0.435 bits per heavy atom. The van der Waals surface area contributed by atoms with Crippen LogP contribution in [0.25, 0.3) is 33.4 Å². The molecule has 1 aliphatic heterocycles. The molecular weight excluding hydrogens is 555 g/mol. The van der Waals surface area contributed by atoms with Gasteiger partial charge in [0, 0.05) is 16.8 Å². The fourth-order valence-electron chi connectivity index (χ4n) is 6.36. The molecule has 0 spiro atoms. The number of rotatable bonds is 6. The summed E-state index contributed by atoms with van der Waals surface area (Å²) >= 11 is 0. The molecule has 0 saturated carbocycles. The molecular formula is C45H43N. The fraction of sp³-hybridized carbons (Fsp3) is 0.156. The van der Waals surface area contributed by atoms with E-state index in [1.54, 1.807) is 0 Å². The Bertz CT molecular complexity index is 1890. The summed E-state index contributed by atoms with van der Waals surface area (Å²) in [6, 6.07) is 55.1. The normalized spacial score (nSPS) is 12.0. The van der Waals surface area contributed by atoms with E-state index in [1.807, 2.05) is 0 Å². The van der Waals surface area contributed by atoms with Crippen molar-refractivity contribution in [2.24, 2.45) is 0 Å². The quantitative estimate of drug-likeness (QED) is 0.185. The molecule has 228 valence electrons. The first-order valence-electron chi connectivity index (χ1n) is 16.7. The van der Waals surface area contributed by atoms with Crippen molar-refractivity contribution in [3.8, 4) is 22.3 Å². The van der Waals surface area contributed by atoms with Crippen LogP contribution in [0.1, 0.15) is 62.8 Å². The molecule has 0 saturated heterocycles. The average molecular weight is 598 g/mol. The molecule has 6 aromatic rings. The molecule has 1 heterocycles. The van der Waals surface area contributed by atoms with Crippen LogP contribution in [0.15, 0.2) is 152 Å². The minimum Gasteiger partial charge on any atom is -0.309 e. The number of hydrogen-bond donors (Lipinski definition) is 0. The molecule has 0 aromatic heterocycles. The van der Waals surface area contributed by atoms with Gasteiger partial charge in [0.15, 0.2) is 0 Å². The number of unbranched alkanes of at least 4 members (excludes halogenated alkanes) is 1. The number of para-hydroxylation sites is 2. The third kappa shape index (κ3) is 6.19. The van der Waals surface area contributed by atoms with Crippen LogP contribution >= 0.6 is 0 Å². The van der Waals surface area contributed by atoms with Gasteiger partial charge in [0.1, 0.15) is 0 Å². The standard InChI is InChI=1S/C41H33N.C4H10/c1-3-30-16-10-11-22-37(30)41-29(2)36-21-12-14-24-39(36)42(40-25-15-13-23-38(40)41)35-27-33(31-17-6-4-7-18-31)26-34(28-35)32-19-8-5-9-20-32;1-3-4-2/h4-28H,3H2,1-2H3;3-4H2,1-2H3. The zero-order valence-corrected chi connectivity index (χ0v) is 27.5. The molecule has 7 rings (SSSR count). The highest BCUT2D eigenvalue weighted by Crippen LogP contribution is 2.50. The SMILES string of the molecule is CCCC.CCc1ccccc1C1=C(C)c2ccccc2N(c2cc(-c3ccccc3)cc(-c3ccccc3)c2)c2ccccc21. The summed E-state index contributed by atoms with van der Waals surface area (Å²) in [6.45, 7) is 8.90.